The summed E-state index contributed by atoms with van der Waals surface area (Å²) in [4.78, 5) is 12.8. The van der Waals surface area contributed by atoms with Gasteiger partial charge in [0.15, 0.2) is 5.75 Å². The smallest absolute Gasteiger partial charge is 0.404 e. The van der Waals surface area contributed by atoms with E-state index in [1.54, 1.807) is 4.98 Å². The molecular formula is C8H5ClF5NO2. The molecule has 1 rings (SSSR count). The van der Waals surface area contributed by atoms with Gasteiger partial charge in [0.1, 0.15) is 0 Å². The minimum absolute atomic E-state index is 0.328. The largest absolute Gasteiger partial charge is 0.573 e. The minimum Gasteiger partial charge on any atom is -0.404 e. The van der Waals surface area contributed by atoms with E-state index in [0.717, 1.165) is 0 Å². The van der Waals surface area contributed by atoms with E-state index in [1.165, 1.54) is 0 Å². The molecule has 3 nitrogen and oxygen atoms in total. The van der Waals surface area contributed by atoms with E-state index in [4.69, 9.17) is 11.6 Å². The third-order valence-electron chi connectivity index (χ3n) is 1.71. The molecule has 0 atom stereocenters. The summed E-state index contributed by atoms with van der Waals surface area (Å²) in [6, 6.07) is 0.328. The molecule has 17 heavy (non-hydrogen) atoms. The second-order valence-electron chi connectivity index (χ2n) is 2.88. The van der Waals surface area contributed by atoms with E-state index in [-0.39, 0.29) is 0 Å². The number of H-pyrrole nitrogens is 1. The maximum atomic E-state index is 12.3. The number of halogens is 6. The van der Waals surface area contributed by atoms with Crippen LogP contribution in [-0.2, 0) is 5.88 Å². The maximum Gasteiger partial charge on any atom is 0.573 e. The van der Waals surface area contributed by atoms with Crippen molar-refractivity contribution in [2.24, 2.45) is 0 Å². The van der Waals surface area contributed by atoms with Crippen molar-refractivity contribution in [3.63, 3.8) is 0 Å². The molecule has 1 heterocycles. The van der Waals surface area contributed by atoms with Gasteiger partial charge in [-0.05, 0) is 6.07 Å². The molecule has 1 aromatic heterocycles. The zero-order chi connectivity index (χ0) is 13.2. The van der Waals surface area contributed by atoms with Gasteiger partial charge in [0.2, 0.25) is 0 Å². The van der Waals surface area contributed by atoms with Crippen LogP contribution in [0.5, 0.6) is 5.75 Å². The van der Waals surface area contributed by atoms with Crippen LogP contribution in [0.4, 0.5) is 22.0 Å². The number of ether oxygens (including phenoxy) is 1. The fraction of sp³-hybridized carbons (Fsp3) is 0.375. The zero-order valence-electron chi connectivity index (χ0n) is 7.95. The van der Waals surface area contributed by atoms with E-state index in [9.17, 15) is 26.7 Å². The van der Waals surface area contributed by atoms with Crippen LogP contribution in [-0.4, -0.2) is 11.3 Å². The third kappa shape index (κ3) is 3.58. The minimum atomic E-state index is -5.06. The third-order valence-corrected chi connectivity index (χ3v) is 1.97. The second-order valence-corrected chi connectivity index (χ2v) is 3.15. The predicted octanol–water partition coefficient (Wildman–Crippen LogP) is 2.95. The van der Waals surface area contributed by atoms with Crippen molar-refractivity contribution in [2.75, 3.05) is 0 Å². The fourth-order valence-corrected chi connectivity index (χ4v) is 1.24. The van der Waals surface area contributed by atoms with Crippen molar-refractivity contribution in [2.45, 2.75) is 18.7 Å². The highest BCUT2D eigenvalue weighted by Gasteiger charge is 2.33. The topological polar surface area (TPSA) is 42.1 Å². The zero-order valence-corrected chi connectivity index (χ0v) is 8.70. The average molecular weight is 278 g/mol. The number of rotatable bonds is 3. The molecule has 0 bridgehead atoms. The predicted molar refractivity (Wildman–Crippen MR) is 48.3 cm³/mol. The quantitative estimate of drug-likeness (QED) is 0.682. The molecule has 0 saturated heterocycles. The summed E-state index contributed by atoms with van der Waals surface area (Å²) in [6.07, 6.45) is -8.27. The SMILES string of the molecule is O=c1[nH]c(CCl)c(OC(F)(F)F)cc1C(F)F. The first-order chi connectivity index (χ1) is 7.74. The van der Waals surface area contributed by atoms with E-state index < -0.39 is 41.2 Å². The molecule has 0 unspecified atom stereocenters. The molecule has 0 aromatic carbocycles. The lowest BCUT2D eigenvalue weighted by molar-refractivity contribution is -0.275. The van der Waals surface area contributed by atoms with Crippen LogP contribution < -0.4 is 10.3 Å². The Hall–Kier alpha value is -1.31. The van der Waals surface area contributed by atoms with Gasteiger partial charge in [-0.15, -0.1) is 24.8 Å². The lowest BCUT2D eigenvalue weighted by Crippen LogP contribution is -2.22. The molecule has 9 heteroatoms. The van der Waals surface area contributed by atoms with Crippen molar-refractivity contribution in [1.82, 2.24) is 4.98 Å². The van der Waals surface area contributed by atoms with Crippen LogP contribution in [0.25, 0.3) is 0 Å². The summed E-state index contributed by atoms with van der Waals surface area (Å²) in [6.45, 7) is 0. The molecule has 0 radical (unpaired) electrons. The van der Waals surface area contributed by atoms with E-state index in [0.29, 0.717) is 6.07 Å². The van der Waals surface area contributed by atoms with Crippen LogP contribution in [0, 0.1) is 0 Å². The number of nitrogens with one attached hydrogen (secondary N) is 1. The van der Waals surface area contributed by atoms with Crippen molar-refractivity contribution in [1.29, 1.82) is 0 Å². The maximum absolute atomic E-state index is 12.3. The molecule has 0 amide bonds. The first-order valence-electron chi connectivity index (χ1n) is 4.10. The Morgan fingerprint density at radius 3 is 2.41 bits per heavy atom. The number of hydrogen-bond acceptors (Lipinski definition) is 2. The van der Waals surface area contributed by atoms with Gasteiger partial charge in [-0.2, -0.15) is 0 Å². The van der Waals surface area contributed by atoms with E-state index in [1.807, 2.05) is 0 Å². The molecule has 0 aliphatic rings. The Morgan fingerprint density at radius 2 is 2.00 bits per heavy atom. The molecule has 0 saturated carbocycles. The number of hydrogen-bond donors (Lipinski definition) is 1. The molecular weight excluding hydrogens is 273 g/mol. The molecule has 1 N–H and O–H groups in total. The number of aromatic nitrogens is 1. The lowest BCUT2D eigenvalue weighted by Gasteiger charge is -2.12. The lowest BCUT2D eigenvalue weighted by atomic mass is 10.2. The molecule has 96 valence electrons. The van der Waals surface area contributed by atoms with Crippen LogP contribution >= 0.6 is 11.6 Å². The van der Waals surface area contributed by atoms with E-state index >= 15 is 0 Å². The van der Waals surface area contributed by atoms with E-state index in [2.05, 4.69) is 4.74 Å². The van der Waals surface area contributed by atoms with Gasteiger partial charge in [-0.25, -0.2) is 8.78 Å². The van der Waals surface area contributed by atoms with Crippen molar-refractivity contribution in [3.8, 4) is 5.75 Å². The Labute approximate surface area is 96.2 Å². The summed E-state index contributed by atoms with van der Waals surface area (Å²) in [7, 11) is 0. The summed E-state index contributed by atoms with van der Waals surface area (Å²) >= 11 is 5.26. The van der Waals surface area contributed by atoms with Crippen LogP contribution in [0.3, 0.4) is 0 Å². The van der Waals surface area contributed by atoms with Crippen molar-refractivity contribution >= 4 is 11.6 Å². The van der Waals surface area contributed by atoms with Crippen LogP contribution in [0.2, 0.25) is 0 Å². The highest BCUT2D eigenvalue weighted by molar-refractivity contribution is 6.17. The van der Waals surface area contributed by atoms with Gasteiger partial charge in [-0.3, -0.25) is 4.79 Å². The molecule has 0 spiro atoms. The highest BCUT2D eigenvalue weighted by atomic mass is 35.5. The Kier molecular flexibility index (Phi) is 3.97. The van der Waals surface area contributed by atoms with Gasteiger partial charge in [0, 0.05) is 0 Å². The van der Waals surface area contributed by atoms with Crippen LogP contribution in [0.1, 0.15) is 17.7 Å². The Morgan fingerprint density at radius 1 is 1.41 bits per heavy atom. The summed E-state index contributed by atoms with van der Waals surface area (Å²) in [5.74, 6) is -1.45. The van der Waals surface area contributed by atoms with Gasteiger partial charge in [0.05, 0.1) is 17.1 Å². The number of alkyl halides is 6. The van der Waals surface area contributed by atoms with Gasteiger partial charge < -0.3 is 9.72 Å². The monoisotopic (exact) mass is 277 g/mol. The Bertz CT molecular complexity index is 456. The normalized spacial score (nSPS) is 11.9. The Balaban J connectivity index is 3.27. The van der Waals surface area contributed by atoms with Gasteiger partial charge >= 0.3 is 6.36 Å². The second kappa shape index (κ2) is 4.91. The van der Waals surface area contributed by atoms with Crippen molar-refractivity contribution in [3.05, 3.63) is 27.7 Å². The average Bonchev–Trinajstić information content (AvgIpc) is 2.17. The summed E-state index contributed by atoms with van der Waals surface area (Å²) in [5.41, 5.74) is -2.73. The fourth-order valence-electron chi connectivity index (χ4n) is 1.04. The van der Waals surface area contributed by atoms with Crippen LogP contribution in [0.15, 0.2) is 10.9 Å². The summed E-state index contributed by atoms with van der Waals surface area (Å²) < 4.78 is 63.9. The molecule has 0 aliphatic carbocycles. The number of aromatic amines is 1. The van der Waals surface area contributed by atoms with Gasteiger partial charge in [0.25, 0.3) is 12.0 Å². The molecule has 0 fully saturated rings. The standard InChI is InChI=1S/C8H5ClF5NO2/c9-2-4-5(17-8(12,13)14)1-3(6(10)11)7(16)15-4/h1,6H,2H2,(H,15,16). The molecule has 0 aliphatic heterocycles. The molecule has 1 aromatic rings. The first kappa shape index (κ1) is 13.8. The van der Waals surface area contributed by atoms with Crippen molar-refractivity contribution < 1.29 is 26.7 Å². The highest BCUT2D eigenvalue weighted by Crippen LogP contribution is 2.28. The number of pyridine rings is 1. The van der Waals surface area contributed by atoms with Gasteiger partial charge in [-0.1, -0.05) is 0 Å². The summed E-state index contributed by atoms with van der Waals surface area (Å²) in [5, 5.41) is 0. The first-order valence-corrected chi connectivity index (χ1v) is 4.64.